The Morgan fingerprint density at radius 2 is 2.00 bits per heavy atom. The molecule has 110 valence electrons. The molecule has 1 aliphatic rings. The minimum Gasteiger partial charge on any atom is -0.465 e. The number of esters is 1. The normalized spacial score (nSPS) is 22.8. The van der Waals surface area contributed by atoms with Crippen LogP contribution in [0.1, 0.15) is 50.8 Å². The lowest BCUT2D eigenvalue weighted by Gasteiger charge is -2.23. The van der Waals surface area contributed by atoms with Crippen LogP contribution in [0.3, 0.4) is 0 Å². The van der Waals surface area contributed by atoms with Gasteiger partial charge in [-0.1, -0.05) is 24.3 Å². The third kappa shape index (κ3) is 3.02. The quantitative estimate of drug-likeness (QED) is 0.860. The van der Waals surface area contributed by atoms with E-state index >= 15 is 0 Å². The van der Waals surface area contributed by atoms with Crippen LogP contribution in [-0.2, 0) is 19.7 Å². The van der Waals surface area contributed by atoms with E-state index in [-0.39, 0.29) is 12.1 Å². The summed E-state index contributed by atoms with van der Waals surface area (Å²) >= 11 is 0. The van der Waals surface area contributed by atoms with Crippen LogP contribution < -0.4 is 0 Å². The van der Waals surface area contributed by atoms with Crippen molar-refractivity contribution in [3.8, 4) is 0 Å². The smallest absolute Gasteiger partial charge is 0.315 e. The van der Waals surface area contributed by atoms with Gasteiger partial charge in [0.1, 0.15) is 0 Å². The maximum atomic E-state index is 12.0. The van der Waals surface area contributed by atoms with Crippen LogP contribution in [0.2, 0.25) is 0 Å². The Bertz CT molecular complexity index is 464. The van der Waals surface area contributed by atoms with E-state index in [2.05, 4.69) is 0 Å². The molecule has 4 heteroatoms. The summed E-state index contributed by atoms with van der Waals surface area (Å²) in [6, 6.07) is 7.78. The number of benzene rings is 1. The zero-order valence-corrected chi connectivity index (χ0v) is 12.3. The molecule has 1 saturated heterocycles. The summed E-state index contributed by atoms with van der Waals surface area (Å²) in [6.07, 6.45) is 0.781. The minimum atomic E-state index is -0.662. The molecule has 0 saturated carbocycles. The van der Waals surface area contributed by atoms with E-state index in [1.807, 2.05) is 38.1 Å². The van der Waals surface area contributed by atoms with E-state index < -0.39 is 11.7 Å². The molecular weight excluding hydrogens is 256 g/mol. The highest BCUT2D eigenvalue weighted by atomic mass is 16.6. The second-order valence-electron chi connectivity index (χ2n) is 5.62. The highest BCUT2D eigenvalue weighted by Crippen LogP contribution is 2.33. The number of aliphatic hydroxyl groups excluding tert-OH is 1. The molecule has 0 spiro atoms. The molecule has 1 aromatic carbocycles. The van der Waals surface area contributed by atoms with Gasteiger partial charge in [0.05, 0.1) is 18.1 Å². The van der Waals surface area contributed by atoms with Crippen molar-refractivity contribution in [3.05, 3.63) is 35.4 Å². The summed E-state index contributed by atoms with van der Waals surface area (Å²) in [5.41, 5.74) is 1.29. The molecule has 1 heterocycles. The Morgan fingerprint density at radius 1 is 1.35 bits per heavy atom. The first-order chi connectivity index (χ1) is 9.45. The molecule has 2 atom stereocenters. The molecule has 1 aliphatic heterocycles. The largest absolute Gasteiger partial charge is 0.465 e. The maximum absolute atomic E-state index is 12.0. The molecule has 0 bridgehead atoms. The van der Waals surface area contributed by atoms with Gasteiger partial charge in [-0.05, 0) is 38.3 Å². The minimum absolute atomic E-state index is 0.0512. The maximum Gasteiger partial charge on any atom is 0.315 e. The number of hydrogen-bond donors (Lipinski definition) is 1. The summed E-state index contributed by atoms with van der Waals surface area (Å²) in [5, 5.41) is 9.39. The van der Waals surface area contributed by atoms with E-state index in [0.717, 1.165) is 17.5 Å². The van der Waals surface area contributed by atoms with Crippen LogP contribution in [0.5, 0.6) is 0 Å². The molecule has 1 N–H and O–H groups in total. The van der Waals surface area contributed by atoms with E-state index in [1.54, 1.807) is 6.92 Å². The fourth-order valence-electron chi connectivity index (χ4n) is 2.41. The average Bonchev–Trinajstić information content (AvgIpc) is 2.86. The van der Waals surface area contributed by atoms with Gasteiger partial charge >= 0.3 is 5.97 Å². The van der Waals surface area contributed by atoms with E-state index in [0.29, 0.717) is 13.0 Å². The van der Waals surface area contributed by atoms with Crippen LogP contribution in [0.15, 0.2) is 24.3 Å². The second kappa shape index (κ2) is 5.94. The summed E-state index contributed by atoms with van der Waals surface area (Å²) in [7, 11) is 0. The van der Waals surface area contributed by atoms with Gasteiger partial charge in [-0.2, -0.15) is 0 Å². The van der Waals surface area contributed by atoms with Gasteiger partial charge in [0.15, 0.2) is 6.29 Å². The van der Waals surface area contributed by atoms with Gasteiger partial charge in [-0.3, -0.25) is 4.79 Å². The van der Waals surface area contributed by atoms with Gasteiger partial charge in [-0.15, -0.1) is 0 Å². The highest BCUT2D eigenvalue weighted by molar-refractivity contribution is 5.82. The molecule has 20 heavy (non-hydrogen) atoms. The molecule has 0 radical (unpaired) electrons. The Kier molecular flexibility index (Phi) is 4.45. The second-order valence-corrected chi connectivity index (χ2v) is 5.62. The summed E-state index contributed by atoms with van der Waals surface area (Å²) in [4.78, 5) is 12.0. The first kappa shape index (κ1) is 15.0. The first-order valence-corrected chi connectivity index (χ1v) is 7.06. The van der Waals surface area contributed by atoms with Gasteiger partial charge in [0.2, 0.25) is 0 Å². The number of carbonyl (C=O) groups excluding carboxylic acids is 1. The average molecular weight is 278 g/mol. The van der Waals surface area contributed by atoms with Crippen LogP contribution >= 0.6 is 0 Å². The zero-order valence-electron chi connectivity index (χ0n) is 12.3. The van der Waals surface area contributed by atoms with Gasteiger partial charge < -0.3 is 14.6 Å². The van der Waals surface area contributed by atoms with Crippen molar-refractivity contribution in [2.24, 2.45) is 0 Å². The topological polar surface area (TPSA) is 55.8 Å². The lowest BCUT2D eigenvalue weighted by Crippen LogP contribution is -2.31. The van der Waals surface area contributed by atoms with Crippen molar-refractivity contribution in [2.45, 2.75) is 51.4 Å². The fourth-order valence-corrected chi connectivity index (χ4v) is 2.41. The monoisotopic (exact) mass is 278 g/mol. The van der Waals surface area contributed by atoms with Crippen LogP contribution in [0, 0.1) is 0 Å². The van der Waals surface area contributed by atoms with Crippen LogP contribution in [0.25, 0.3) is 0 Å². The molecular formula is C16H22O4. The number of rotatable bonds is 4. The Labute approximate surface area is 119 Å². The molecule has 2 rings (SSSR count). The fraction of sp³-hybridized carbons (Fsp3) is 0.562. The van der Waals surface area contributed by atoms with Crippen molar-refractivity contribution in [1.82, 2.24) is 0 Å². The first-order valence-electron chi connectivity index (χ1n) is 7.06. The number of hydrogen-bond acceptors (Lipinski definition) is 4. The SMILES string of the molecule is CCOC(=O)C(C)(C)c1ccc([C@H]2CCC(O)O2)cc1. The third-order valence-electron chi connectivity index (χ3n) is 3.79. The van der Waals surface area contributed by atoms with E-state index in [9.17, 15) is 9.90 Å². The molecule has 1 aromatic rings. The molecule has 1 fully saturated rings. The lowest BCUT2D eigenvalue weighted by molar-refractivity contribution is -0.148. The van der Waals surface area contributed by atoms with E-state index in [1.165, 1.54) is 0 Å². The van der Waals surface area contributed by atoms with Gasteiger partial charge in [0, 0.05) is 6.42 Å². The van der Waals surface area contributed by atoms with Gasteiger partial charge in [-0.25, -0.2) is 0 Å². The predicted molar refractivity (Wildman–Crippen MR) is 75.2 cm³/mol. The van der Waals surface area contributed by atoms with Crippen LogP contribution in [-0.4, -0.2) is 24.0 Å². The van der Waals surface area contributed by atoms with Crippen molar-refractivity contribution >= 4 is 5.97 Å². The highest BCUT2D eigenvalue weighted by Gasteiger charge is 2.32. The number of aliphatic hydroxyl groups is 1. The third-order valence-corrected chi connectivity index (χ3v) is 3.79. The molecule has 4 nitrogen and oxygen atoms in total. The van der Waals surface area contributed by atoms with Gasteiger partial charge in [0.25, 0.3) is 0 Å². The van der Waals surface area contributed by atoms with Crippen LogP contribution in [0.4, 0.5) is 0 Å². The number of ether oxygens (including phenoxy) is 2. The summed E-state index contributed by atoms with van der Waals surface area (Å²) in [6.45, 7) is 5.90. The zero-order chi connectivity index (χ0) is 14.8. The Morgan fingerprint density at radius 3 is 2.50 bits per heavy atom. The Balaban J connectivity index is 2.13. The summed E-state index contributed by atoms with van der Waals surface area (Å²) in [5.74, 6) is -0.222. The van der Waals surface area contributed by atoms with E-state index in [4.69, 9.17) is 9.47 Å². The lowest BCUT2D eigenvalue weighted by atomic mass is 9.84. The summed E-state index contributed by atoms with van der Waals surface area (Å²) < 4.78 is 10.5. The number of carbonyl (C=O) groups is 1. The Hall–Kier alpha value is -1.39. The standard InChI is InChI=1S/C16H22O4/c1-4-19-15(18)16(2,3)12-7-5-11(6-8-12)13-9-10-14(17)20-13/h5-8,13-14,17H,4,9-10H2,1-3H3/t13-,14?/m1/s1. The molecule has 0 aromatic heterocycles. The molecule has 0 amide bonds. The van der Waals surface area contributed by atoms with Crippen molar-refractivity contribution < 1.29 is 19.4 Å². The van der Waals surface area contributed by atoms with Crippen molar-refractivity contribution in [3.63, 3.8) is 0 Å². The molecule has 1 unspecified atom stereocenters. The molecule has 0 aliphatic carbocycles. The van der Waals surface area contributed by atoms with Crippen molar-refractivity contribution in [2.75, 3.05) is 6.61 Å². The van der Waals surface area contributed by atoms with Crippen molar-refractivity contribution in [1.29, 1.82) is 0 Å². The predicted octanol–water partition coefficient (Wildman–Crippen LogP) is 2.70.